The molecule has 0 aromatic carbocycles. The van der Waals surface area contributed by atoms with Crippen LogP contribution in [0.3, 0.4) is 0 Å². The van der Waals surface area contributed by atoms with Crippen molar-refractivity contribution in [3.63, 3.8) is 0 Å². The van der Waals surface area contributed by atoms with Crippen LogP contribution >= 0.6 is 0 Å². The Morgan fingerprint density at radius 1 is 1.38 bits per heavy atom. The van der Waals surface area contributed by atoms with Crippen molar-refractivity contribution in [3.8, 4) is 0 Å². The van der Waals surface area contributed by atoms with Crippen LogP contribution in [-0.2, 0) is 17.6 Å². The van der Waals surface area contributed by atoms with E-state index in [0.29, 0.717) is 37.1 Å². The van der Waals surface area contributed by atoms with Gasteiger partial charge in [-0.3, -0.25) is 14.4 Å². The van der Waals surface area contributed by atoms with E-state index in [2.05, 4.69) is 10.2 Å². The molecule has 0 saturated carbocycles. The van der Waals surface area contributed by atoms with Crippen LogP contribution in [0.2, 0.25) is 0 Å². The van der Waals surface area contributed by atoms with Crippen molar-refractivity contribution in [3.05, 3.63) is 27.2 Å². The molecule has 1 aliphatic rings. The van der Waals surface area contributed by atoms with Crippen molar-refractivity contribution in [2.24, 2.45) is 5.92 Å². The minimum atomic E-state index is -0.904. The first-order valence-electron chi connectivity index (χ1n) is 7.12. The Kier molecular flexibility index (Phi) is 4.40. The topological polar surface area (TPSA) is 103 Å². The van der Waals surface area contributed by atoms with E-state index >= 15 is 0 Å². The summed E-state index contributed by atoms with van der Waals surface area (Å²) in [6.07, 6.45) is 1.58. The summed E-state index contributed by atoms with van der Waals surface area (Å²) in [4.78, 5) is 37.0. The normalized spacial score (nSPS) is 18.0. The number of carboxylic acid groups (broad SMARTS) is 1. The number of likely N-dealkylation sites (tertiary alicyclic amines) is 1. The van der Waals surface area contributed by atoms with E-state index in [1.807, 2.05) is 13.8 Å². The number of carbonyl (C=O) groups is 2. The van der Waals surface area contributed by atoms with Gasteiger partial charge < -0.3 is 10.0 Å². The molecular weight excluding hydrogens is 274 g/mol. The Morgan fingerprint density at radius 2 is 2.10 bits per heavy atom. The van der Waals surface area contributed by atoms with E-state index in [1.165, 1.54) is 4.90 Å². The summed E-state index contributed by atoms with van der Waals surface area (Å²) in [7, 11) is 0. The second kappa shape index (κ2) is 6.07. The Labute approximate surface area is 122 Å². The third kappa shape index (κ3) is 2.81. The highest BCUT2D eigenvalue weighted by molar-refractivity contribution is 5.96. The van der Waals surface area contributed by atoms with E-state index in [4.69, 9.17) is 5.11 Å². The van der Waals surface area contributed by atoms with Crippen LogP contribution in [0.5, 0.6) is 0 Å². The first kappa shape index (κ1) is 15.2. The van der Waals surface area contributed by atoms with Gasteiger partial charge in [-0.05, 0) is 24.8 Å². The highest BCUT2D eigenvalue weighted by Gasteiger charge is 2.33. The number of nitrogens with zero attached hydrogens (tertiary/aromatic N) is 2. The zero-order valence-corrected chi connectivity index (χ0v) is 12.2. The van der Waals surface area contributed by atoms with E-state index < -0.39 is 23.4 Å². The summed E-state index contributed by atoms with van der Waals surface area (Å²) in [6.45, 7) is 4.30. The number of H-pyrrole nitrogens is 1. The lowest BCUT2D eigenvalue weighted by molar-refractivity contribution is -0.141. The first-order chi connectivity index (χ1) is 9.99. The number of rotatable bonds is 4. The number of nitrogens with one attached hydrogen (secondary N) is 1. The molecule has 21 heavy (non-hydrogen) atoms. The van der Waals surface area contributed by atoms with Crippen LogP contribution in [-0.4, -0.2) is 45.2 Å². The number of hydrogen-bond donors (Lipinski definition) is 2. The second-order valence-corrected chi connectivity index (χ2v) is 5.14. The van der Waals surface area contributed by atoms with Gasteiger partial charge in [-0.1, -0.05) is 13.8 Å². The van der Waals surface area contributed by atoms with Gasteiger partial charge in [0.15, 0.2) is 0 Å². The molecule has 7 heteroatoms. The number of carboxylic acids is 1. The predicted octanol–water partition coefficient (Wildman–Crippen LogP) is 0.441. The second-order valence-electron chi connectivity index (χ2n) is 5.14. The number of aryl methyl sites for hydroxylation is 1. The Hall–Kier alpha value is -2.18. The zero-order chi connectivity index (χ0) is 15.6. The third-order valence-electron chi connectivity index (χ3n) is 3.90. The van der Waals surface area contributed by atoms with E-state index in [-0.39, 0.29) is 12.1 Å². The van der Waals surface area contributed by atoms with Gasteiger partial charge in [-0.25, -0.2) is 5.10 Å². The fraction of sp³-hybridized carbons (Fsp3) is 0.571. The molecule has 0 radical (unpaired) electrons. The minimum absolute atomic E-state index is 0.107. The Bertz CT molecular complexity index is 623. The highest BCUT2D eigenvalue weighted by Crippen LogP contribution is 2.20. The van der Waals surface area contributed by atoms with Crippen LogP contribution < -0.4 is 5.56 Å². The molecular formula is C14H19N3O4. The van der Waals surface area contributed by atoms with Crippen molar-refractivity contribution < 1.29 is 14.7 Å². The van der Waals surface area contributed by atoms with E-state index in [1.54, 1.807) is 0 Å². The maximum Gasteiger partial charge on any atom is 0.308 e. The average Bonchev–Trinajstić information content (AvgIpc) is 2.96. The van der Waals surface area contributed by atoms with Gasteiger partial charge in [0.25, 0.3) is 11.5 Å². The molecule has 1 aliphatic heterocycles. The van der Waals surface area contributed by atoms with Gasteiger partial charge in [0.1, 0.15) is 5.56 Å². The predicted molar refractivity (Wildman–Crippen MR) is 75.3 cm³/mol. The Balaban J connectivity index is 2.36. The molecule has 7 nitrogen and oxygen atoms in total. The molecule has 1 aromatic heterocycles. The lowest BCUT2D eigenvalue weighted by Crippen LogP contribution is -2.36. The molecule has 1 amide bonds. The lowest BCUT2D eigenvalue weighted by atomic mass is 10.0. The van der Waals surface area contributed by atoms with Crippen molar-refractivity contribution in [1.82, 2.24) is 15.1 Å². The SMILES string of the molecule is CCc1n[nH]c(=O)c(C(=O)N2CCC(C(=O)O)C2)c1CC. The number of hydrogen-bond acceptors (Lipinski definition) is 4. The van der Waals surface area contributed by atoms with E-state index in [0.717, 1.165) is 0 Å². The summed E-state index contributed by atoms with van der Waals surface area (Å²) in [5.41, 5.74) is 0.961. The summed E-state index contributed by atoms with van der Waals surface area (Å²) >= 11 is 0. The summed E-state index contributed by atoms with van der Waals surface area (Å²) in [5, 5.41) is 15.3. The number of aromatic amines is 1. The van der Waals surface area contributed by atoms with Gasteiger partial charge in [-0.15, -0.1) is 0 Å². The number of amides is 1. The molecule has 1 fully saturated rings. The zero-order valence-electron chi connectivity index (χ0n) is 12.2. The molecule has 1 unspecified atom stereocenters. The average molecular weight is 293 g/mol. The molecule has 0 bridgehead atoms. The molecule has 1 atom stereocenters. The summed E-state index contributed by atoms with van der Waals surface area (Å²) in [5.74, 6) is -1.85. The summed E-state index contributed by atoms with van der Waals surface area (Å²) < 4.78 is 0. The van der Waals surface area contributed by atoms with Crippen LogP contribution in [0.1, 0.15) is 41.9 Å². The van der Waals surface area contributed by atoms with Crippen LogP contribution in [0, 0.1) is 5.92 Å². The van der Waals surface area contributed by atoms with E-state index in [9.17, 15) is 14.4 Å². The molecule has 0 spiro atoms. The smallest absolute Gasteiger partial charge is 0.308 e. The monoisotopic (exact) mass is 293 g/mol. The quantitative estimate of drug-likeness (QED) is 0.838. The molecule has 2 N–H and O–H groups in total. The molecule has 1 aromatic rings. The lowest BCUT2D eigenvalue weighted by Gasteiger charge is -2.18. The van der Waals surface area contributed by atoms with Gasteiger partial charge in [0, 0.05) is 13.1 Å². The fourth-order valence-corrected chi connectivity index (χ4v) is 2.73. The van der Waals surface area contributed by atoms with Crippen molar-refractivity contribution >= 4 is 11.9 Å². The molecule has 2 heterocycles. The molecule has 2 rings (SSSR count). The van der Waals surface area contributed by atoms with Crippen molar-refractivity contribution in [2.75, 3.05) is 13.1 Å². The van der Waals surface area contributed by atoms with Gasteiger partial charge in [-0.2, -0.15) is 5.10 Å². The minimum Gasteiger partial charge on any atom is -0.481 e. The standard InChI is InChI=1S/C14H19N3O4/c1-3-9-10(4-2)15-16-12(18)11(9)13(19)17-6-5-8(7-17)14(20)21/h8H,3-7H2,1-2H3,(H,16,18)(H,20,21). The molecule has 114 valence electrons. The van der Waals surface area contributed by atoms with Gasteiger partial charge in [0.05, 0.1) is 11.6 Å². The maximum atomic E-state index is 12.6. The third-order valence-corrected chi connectivity index (χ3v) is 3.90. The van der Waals surface area contributed by atoms with Crippen LogP contribution in [0.4, 0.5) is 0 Å². The van der Waals surface area contributed by atoms with Crippen molar-refractivity contribution in [2.45, 2.75) is 33.1 Å². The van der Waals surface area contributed by atoms with Gasteiger partial charge in [0.2, 0.25) is 0 Å². The number of aromatic nitrogens is 2. The first-order valence-corrected chi connectivity index (χ1v) is 7.12. The number of aliphatic carboxylic acids is 1. The van der Waals surface area contributed by atoms with Crippen LogP contribution in [0.25, 0.3) is 0 Å². The molecule has 0 aliphatic carbocycles. The summed E-state index contributed by atoms with van der Waals surface area (Å²) in [6, 6.07) is 0. The highest BCUT2D eigenvalue weighted by atomic mass is 16.4. The Morgan fingerprint density at radius 3 is 2.62 bits per heavy atom. The van der Waals surface area contributed by atoms with Crippen LogP contribution in [0.15, 0.2) is 4.79 Å². The van der Waals surface area contributed by atoms with Gasteiger partial charge >= 0.3 is 5.97 Å². The fourth-order valence-electron chi connectivity index (χ4n) is 2.73. The van der Waals surface area contributed by atoms with Crippen molar-refractivity contribution in [1.29, 1.82) is 0 Å². The number of carbonyl (C=O) groups excluding carboxylic acids is 1. The molecule has 1 saturated heterocycles. The largest absolute Gasteiger partial charge is 0.481 e. The maximum absolute atomic E-state index is 12.6.